The molecular formula is C68H47NO. The number of hydrogen-bond acceptors (Lipinski definition) is 2. The lowest BCUT2D eigenvalue weighted by atomic mass is 9.65. The number of para-hydroxylation sites is 2. The van der Waals surface area contributed by atoms with E-state index in [1.807, 2.05) is 6.07 Å². The fraction of sp³-hybridized carbons (Fsp3) is 0.0294. The van der Waals surface area contributed by atoms with Gasteiger partial charge in [-0.05, 0) is 121 Å². The van der Waals surface area contributed by atoms with Crippen LogP contribution in [0.1, 0.15) is 44.5 Å². The van der Waals surface area contributed by atoms with Gasteiger partial charge in [0.05, 0.1) is 10.8 Å². The fourth-order valence-corrected chi connectivity index (χ4v) is 11.6. The molecule has 1 aliphatic carbocycles. The van der Waals surface area contributed by atoms with Crippen molar-refractivity contribution in [3.8, 4) is 22.3 Å². The van der Waals surface area contributed by atoms with Gasteiger partial charge < -0.3 is 9.32 Å². The van der Waals surface area contributed by atoms with Crippen LogP contribution in [-0.2, 0) is 10.8 Å². The van der Waals surface area contributed by atoms with Crippen molar-refractivity contribution in [2.24, 2.45) is 0 Å². The highest BCUT2D eigenvalue weighted by Gasteiger charge is 2.46. The van der Waals surface area contributed by atoms with Gasteiger partial charge in [0.1, 0.15) is 11.2 Å². The molecule has 0 bridgehead atoms. The summed E-state index contributed by atoms with van der Waals surface area (Å²) in [6, 6.07) is 104. The Morgan fingerprint density at radius 1 is 0.300 bits per heavy atom. The normalized spacial score (nSPS) is 12.7. The first-order valence-electron chi connectivity index (χ1n) is 24.2. The molecule has 0 N–H and O–H groups in total. The third kappa shape index (κ3) is 6.49. The molecule has 0 fully saturated rings. The van der Waals surface area contributed by atoms with Crippen molar-refractivity contribution in [1.82, 2.24) is 0 Å². The van der Waals surface area contributed by atoms with E-state index in [2.05, 4.69) is 284 Å². The second-order valence-electron chi connectivity index (χ2n) is 18.3. The molecular weight excluding hydrogens is 847 g/mol. The maximum absolute atomic E-state index is 6.55. The lowest BCUT2D eigenvalue weighted by Crippen LogP contribution is -2.31. The Morgan fingerprint density at radius 3 is 1.40 bits per heavy atom. The number of rotatable bonds is 10. The first-order valence-corrected chi connectivity index (χ1v) is 24.2. The average molecular weight is 894 g/mol. The first-order chi connectivity index (χ1) is 34.7. The van der Waals surface area contributed by atoms with Crippen LogP contribution in [0.4, 0.5) is 17.1 Å². The summed E-state index contributed by atoms with van der Waals surface area (Å²) in [5.41, 5.74) is 18.6. The third-order valence-corrected chi connectivity index (χ3v) is 14.7. The molecule has 11 aromatic carbocycles. The average Bonchev–Trinajstić information content (AvgIpc) is 3.96. The van der Waals surface area contributed by atoms with Crippen LogP contribution in [0.2, 0.25) is 0 Å². The molecule has 0 spiro atoms. The molecule has 0 aliphatic heterocycles. The van der Waals surface area contributed by atoms with Crippen molar-refractivity contribution in [3.63, 3.8) is 0 Å². The summed E-state index contributed by atoms with van der Waals surface area (Å²) >= 11 is 0. The lowest BCUT2D eigenvalue weighted by molar-refractivity contribution is 0.665. The zero-order chi connectivity index (χ0) is 46.5. The smallest absolute Gasteiger partial charge is 0.135 e. The molecule has 2 nitrogen and oxygen atoms in total. The molecule has 330 valence electrons. The van der Waals surface area contributed by atoms with E-state index < -0.39 is 10.8 Å². The Kier molecular flexibility index (Phi) is 9.99. The van der Waals surface area contributed by atoms with Crippen LogP contribution in [0.5, 0.6) is 0 Å². The van der Waals surface area contributed by atoms with Crippen LogP contribution in [0, 0.1) is 0 Å². The molecule has 12 aromatic rings. The Bertz CT molecular complexity index is 3710. The van der Waals surface area contributed by atoms with Gasteiger partial charge in [-0.1, -0.05) is 231 Å². The quantitative estimate of drug-likeness (QED) is 0.127. The second kappa shape index (κ2) is 17.0. The van der Waals surface area contributed by atoms with Gasteiger partial charge in [0.15, 0.2) is 0 Å². The maximum Gasteiger partial charge on any atom is 0.135 e. The maximum atomic E-state index is 6.55. The molecule has 1 aliphatic rings. The van der Waals surface area contributed by atoms with E-state index in [-0.39, 0.29) is 0 Å². The predicted octanol–water partition coefficient (Wildman–Crippen LogP) is 17.5. The Balaban J connectivity index is 0.924. The van der Waals surface area contributed by atoms with Crippen LogP contribution < -0.4 is 4.90 Å². The summed E-state index contributed by atoms with van der Waals surface area (Å²) in [5.74, 6) is 0. The Hall–Kier alpha value is -8.98. The first kappa shape index (κ1) is 41.2. The zero-order valence-corrected chi connectivity index (χ0v) is 38.5. The number of nitrogens with zero attached hydrogens (tertiary/aromatic N) is 1. The van der Waals surface area contributed by atoms with Gasteiger partial charge in [0.25, 0.3) is 0 Å². The minimum absolute atomic E-state index is 0.459. The van der Waals surface area contributed by atoms with Crippen molar-refractivity contribution in [3.05, 3.63) is 330 Å². The van der Waals surface area contributed by atoms with Crippen LogP contribution in [-0.4, -0.2) is 0 Å². The van der Waals surface area contributed by atoms with Gasteiger partial charge in [-0.15, -0.1) is 0 Å². The van der Waals surface area contributed by atoms with Crippen LogP contribution >= 0.6 is 0 Å². The van der Waals surface area contributed by atoms with Gasteiger partial charge in [-0.2, -0.15) is 0 Å². The molecule has 0 saturated carbocycles. The van der Waals surface area contributed by atoms with Crippen LogP contribution in [0.15, 0.2) is 290 Å². The summed E-state index contributed by atoms with van der Waals surface area (Å²) in [7, 11) is 0. The molecule has 70 heavy (non-hydrogen) atoms. The Labute approximate surface area is 409 Å². The van der Waals surface area contributed by atoms with Crippen molar-refractivity contribution in [1.29, 1.82) is 0 Å². The third-order valence-electron chi connectivity index (χ3n) is 14.7. The molecule has 0 atom stereocenters. The highest BCUT2D eigenvalue weighted by Crippen LogP contribution is 2.57. The summed E-state index contributed by atoms with van der Waals surface area (Å²) in [6.45, 7) is 0. The molecule has 0 saturated heterocycles. The second-order valence-corrected chi connectivity index (χ2v) is 18.3. The highest BCUT2D eigenvalue weighted by molar-refractivity contribution is 6.05. The van der Waals surface area contributed by atoms with E-state index in [0.717, 1.165) is 55.7 Å². The number of hydrogen-bond donors (Lipinski definition) is 0. The van der Waals surface area contributed by atoms with Crippen molar-refractivity contribution < 1.29 is 4.42 Å². The largest absolute Gasteiger partial charge is 0.456 e. The van der Waals surface area contributed by atoms with Crippen LogP contribution in [0.25, 0.3) is 44.2 Å². The predicted molar refractivity (Wildman–Crippen MR) is 289 cm³/mol. The summed E-state index contributed by atoms with van der Waals surface area (Å²) < 4.78 is 6.55. The van der Waals surface area contributed by atoms with E-state index in [1.54, 1.807) is 0 Å². The zero-order valence-electron chi connectivity index (χ0n) is 38.5. The van der Waals surface area contributed by atoms with E-state index >= 15 is 0 Å². The van der Waals surface area contributed by atoms with Gasteiger partial charge >= 0.3 is 0 Å². The van der Waals surface area contributed by atoms with Crippen molar-refractivity contribution in [2.75, 3.05) is 4.90 Å². The SMILES string of the molecule is c1ccc(N(c2ccc(-c3ccc4c(c3)C(c3ccccc3)(c3ccccc3)c3ccccc3-4)cc2)c2ccc(C(c3ccccc3)(c3ccccc3)c3ccc4c(c3)oc3ccccc34)cc2)cc1. The van der Waals surface area contributed by atoms with Gasteiger partial charge in [0.2, 0.25) is 0 Å². The molecule has 1 aromatic heterocycles. The molecule has 0 unspecified atom stereocenters. The molecule has 13 rings (SSSR count). The van der Waals surface area contributed by atoms with Crippen molar-refractivity contribution >= 4 is 39.0 Å². The molecule has 0 amide bonds. The van der Waals surface area contributed by atoms with Gasteiger partial charge in [-0.3, -0.25) is 0 Å². The summed E-state index contributed by atoms with van der Waals surface area (Å²) in [6.07, 6.45) is 0. The summed E-state index contributed by atoms with van der Waals surface area (Å²) in [4.78, 5) is 2.36. The number of anilines is 3. The van der Waals surface area contributed by atoms with E-state index in [0.29, 0.717) is 0 Å². The van der Waals surface area contributed by atoms with E-state index in [1.165, 1.54) is 50.1 Å². The minimum Gasteiger partial charge on any atom is -0.456 e. The molecule has 2 heteroatoms. The van der Waals surface area contributed by atoms with E-state index in [4.69, 9.17) is 4.42 Å². The monoisotopic (exact) mass is 893 g/mol. The number of fused-ring (bicyclic) bond motifs is 6. The molecule has 0 radical (unpaired) electrons. The fourth-order valence-electron chi connectivity index (χ4n) is 11.6. The van der Waals surface area contributed by atoms with Crippen LogP contribution in [0.3, 0.4) is 0 Å². The van der Waals surface area contributed by atoms with Crippen molar-refractivity contribution in [2.45, 2.75) is 10.8 Å². The molecule has 1 heterocycles. The standard InChI is InChI=1S/C68H47NO/c1-6-20-50(21-7-1)67(51-22-8-2-9-23-51,55-39-45-62-61-31-17-19-33-65(61)70-66(62)47-55)54-37-42-58(43-38-54)69(56-28-14-5-15-29-56)57-40-34-48(35-41-57)49-36-44-60-59-30-16-18-32-63(59)68(64(60)46-49,52-24-10-3-11-25-52)53-26-12-4-13-27-53/h1-47H. The minimum atomic E-state index is -0.650. The number of benzene rings is 11. The summed E-state index contributed by atoms with van der Waals surface area (Å²) in [5, 5.41) is 2.24. The Morgan fingerprint density at radius 2 is 0.757 bits per heavy atom. The van der Waals surface area contributed by atoms with Gasteiger partial charge in [0, 0.05) is 27.8 Å². The highest BCUT2D eigenvalue weighted by atomic mass is 16.3. The van der Waals surface area contributed by atoms with Gasteiger partial charge in [-0.25, -0.2) is 0 Å². The number of furan rings is 1. The topological polar surface area (TPSA) is 16.4 Å². The lowest BCUT2D eigenvalue weighted by Gasteiger charge is -2.37. The van der Waals surface area contributed by atoms with E-state index in [9.17, 15) is 0 Å².